The van der Waals surface area contributed by atoms with Crippen molar-refractivity contribution >= 4 is 29.0 Å². The van der Waals surface area contributed by atoms with Gasteiger partial charge in [-0.2, -0.15) is 0 Å². The Labute approximate surface area is 103 Å². The Balaban J connectivity index is 2.63. The summed E-state index contributed by atoms with van der Waals surface area (Å²) in [6.07, 6.45) is 1.42. The number of nitrogen functional groups attached to an aromatic ring is 1. The van der Waals surface area contributed by atoms with E-state index in [1.54, 1.807) is 12.1 Å². The predicted molar refractivity (Wildman–Crippen MR) is 66.6 cm³/mol. The Morgan fingerprint density at radius 3 is 2.62 bits per heavy atom. The molecule has 0 aliphatic carbocycles. The summed E-state index contributed by atoms with van der Waals surface area (Å²) in [5, 5.41) is 1.14. The van der Waals surface area contributed by atoms with Gasteiger partial charge in [-0.05, 0) is 25.1 Å². The monoisotopic (exact) mass is 253 g/mol. The number of benzene rings is 1. The molecule has 0 unspecified atom stereocenters. The molecular formula is C11H9Cl2N3. The van der Waals surface area contributed by atoms with Crippen LogP contribution in [0.1, 0.15) is 5.56 Å². The fraction of sp³-hybridized carbons (Fsp3) is 0.0909. The summed E-state index contributed by atoms with van der Waals surface area (Å²) in [5.41, 5.74) is 8.06. The summed E-state index contributed by atoms with van der Waals surface area (Å²) in [6, 6.07) is 5.26. The van der Waals surface area contributed by atoms with Crippen molar-refractivity contribution in [1.82, 2.24) is 9.97 Å². The summed E-state index contributed by atoms with van der Waals surface area (Å²) < 4.78 is 0. The first-order chi connectivity index (χ1) is 7.59. The largest absolute Gasteiger partial charge is 0.383 e. The third-order valence-corrected chi connectivity index (χ3v) is 2.86. The van der Waals surface area contributed by atoms with Crippen molar-refractivity contribution < 1.29 is 0 Å². The number of halogens is 2. The van der Waals surface area contributed by atoms with Crippen LogP contribution in [0.3, 0.4) is 0 Å². The summed E-state index contributed by atoms with van der Waals surface area (Å²) in [7, 11) is 0. The van der Waals surface area contributed by atoms with Gasteiger partial charge in [-0.15, -0.1) is 0 Å². The predicted octanol–water partition coefficient (Wildman–Crippen LogP) is 3.34. The van der Waals surface area contributed by atoms with Gasteiger partial charge in [0.15, 0.2) is 0 Å². The first kappa shape index (κ1) is 11.2. The van der Waals surface area contributed by atoms with Gasteiger partial charge >= 0.3 is 0 Å². The molecule has 1 heterocycles. The van der Waals surface area contributed by atoms with E-state index in [1.165, 1.54) is 6.33 Å². The van der Waals surface area contributed by atoms with Gasteiger partial charge in [-0.1, -0.05) is 23.2 Å². The molecule has 0 aliphatic rings. The lowest BCUT2D eigenvalue weighted by molar-refractivity contribution is 1.14. The van der Waals surface area contributed by atoms with Crippen molar-refractivity contribution in [3.8, 4) is 11.3 Å². The number of aromatic nitrogens is 2. The number of nitrogens with zero attached hydrogens (tertiary/aromatic N) is 2. The molecule has 2 aromatic rings. The number of hydrogen-bond acceptors (Lipinski definition) is 3. The second kappa shape index (κ2) is 4.28. The average Bonchev–Trinajstić information content (AvgIpc) is 2.23. The zero-order valence-corrected chi connectivity index (χ0v) is 10.0. The molecule has 2 N–H and O–H groups in total. The van der Waals surface area contributed by atoms with E-state index >= 15 is 0 Å². The van der Waals surface area contributed by atoms with Crippen molar-refractivity contribution in [2.45, 2.75) is 6.92 Å². The van der Waals surface area contributed by atoms with Gasteiger partial charge in [0.25, 0.3) is 0 Å². The van der Waals surface area contributed by atoms with Crippen LogP contribution < -0.4 is 5.73 Å². The smallest absolute Gasteiger partial charge is 0.130 e. The second-order valence-electron chi connectivity index (χ2n) is 3.36. The van der Waals surface area contributed by atoms with Crippen LogP contribution in [0.5, 0.6) is 0 Å². The Morgan fingerprint density at radius 1 is 1.19 bits per heavy atom. The molecule has 0 saturated heterocycles. The molecule has 82 valence electrons. The second-order valence-corrected chi connectivity index (χ2v) is 4.20. The Bertz CT molecular complexity index is 541. The third-order valence-electron chi connectivity index (χ3n) is 2.31. The molecule has 5 heteroatoms. The van der Waals surface area contributed by atoms with Crippen molar-refractivity contribution in [3.63, 3.8) is 0 Å². The van der Waals surface area contributed by atoms with Crippen LogP contribution in [0.25, 0.3) is 11.3 Å². The highest BCUT2D eigenvalue weighted by Gasteiger charge is 2.10. The van der Waals surface area contributed by atoms with Crippen LogP contribution in [0.15, 0.2) is 24.5 Å². The van der Waals surface area contributed by atoms with E-state index in [9.17, 15) is 0 Å². The molecule has 1 aromatic carbocycles. The molecule has 0 saturated carbocycles. The first-order valence-corrected chi connectivity index (χ1v) is 5.37. The maximum atomic E-state index is 6.10. The number of hydrogen-bond donors (Lipinski definition) is 1. The summed E-state index contributed by atoms with van der Waals surface area (Å²) in [5.74, 6) is 0.455. The van der Waals surface area contributed by atoms with Gasteiger partial charge in [0.05, 0.1) is 10.7 Å². The highest BCUT2D eigenvalue weighted by molar-refractivity contribution is 6.36. The van der Waals surface area contributed by atoms with Gasteiger partial charge in [0.2, 0.25) is 0 Å². The lowest BCUT2D eigenvalue weighted by Crippen LogP contribution is -1.98. The van der Waals surface area contributed by atoms with Gasteiger partial charge in [0, 0.05) is 16.1 Å². The van der Waals surface area contributed by atoms with Crippen molar-refractivity contribution in [2.24, 2.45) is 0 Å². The van der Waals surface area contributed by atoms with Crippen LogP contribution in [0, 0.1) is 6.92 Å². The molecule has 0 aliphatic heterocycles. The lowest BCUT2D eigenvalue weighted by atomic mass is 10.1. The zero-order valence-electron chi connectivity index (χ0n) is 8.54. The summed E-state index contributed by atoms with van der Waals surface area (Å²) >= 11 is 11.9. The number of nitrogens with two attached hydrogens (primary N) is 1. The Morgan fingerprint density at radius 2 is 1.94 bits per heavy atom. The molecule has 3 nitrogen and oxygen atoms in total. The molecule has 0 bridgehead atoms. The molecule has 0 radical (unpaired) electrons. The molecule has 16 heavy (non-hydrogen) atoms. The van der Waals surface area contributed by atoms with Crippen molar-refractivity contribution in [1.29, 1.82) is 0 Å². The zero-order chi connectivity index (χ0) is 11.7. The highest BCUT2D eigenvalue weighted by atomic mass is 35.5. The molecule has 0 spiro atoms. The third kappa shape index (κ3) is 1.96. The quantitative estimate of drug-likeness (QED) is 0.849. The standard InChI is InChI=1S/C11H9Cl2N3/c1-6-10(15-5-16-11(6)14)8-3-2-7(12)4-9(8)13/h2-5H,1H3,(H2,14,15,16). The molecule has 0 atom stereocenters. The Hall–Kier alpha value is -1.32. The maximum Gasteiger partial charge on any atom is 0.130 e. The van der Waals surface area contributed by atoms with Crippen LogP contribution >= 0.6 is 23.2 Å². The van der Waals surface area contributed by atoms with Crippen LogP contribution in [0.2, 0.25) is 10.0 Å². The normalized spacial score (nSPS) is 10.4. The van der Waals surface area contributed by atoms with E-state index in [0.717, 1.165) is 16.8 Å². The van der Waals surface area contributed by atoms with Gasteiger partial charge in [-0.25, -0.2) is 9.97 Å². The van der Waals surface area contributed by atoms with E-state index in [2.05, 4.69) is 9.97 Å². The van der Waals surface area contributed by atoms with Crippen LogP contribution in [-0.4, -0.2) is 9.97 Å². The van der Waals surface area contributed by atoms with Crippen LogP contribution in [0.4, 0.5) is 5.82 Å². The van der Waals surface area contributed by atoms with Crippen molar-refractivity contribution in [3.05, 3.63) is 40.1 Å². The molecule has 1 aromatic heterocycles. The molecule has 2 rings (SSSR count). The van der Waals surface area contributed by atoms with Gasteiger partial charge in [0.1, 0.15) is 12.1 Å². The van der Waals surface area contributed by atoms with E-state index in [4.69, 9.17) is 28.9 Å². The maximum absolute atomic E-state index is 6.10. The van der Waals surface area contributed by atoms with Gasteiger partial charge in [-0.3, -0.25) is 0 Å². The van der Waals surface area contributed by atoms with E-state index in [1.807, 2.05) is 13.0 Å². The number of rotatable bonds is 1. The fourth-order valence-electron chi connectivity index (χ4n) is 1.42. The molecule has 0 fully saturated rings. The summed E-state index contributed by atoms with van der Waals surface area (Å²) in [4.78, 5) is 8.09. The van der Waals surface area contributed by atoms with E-state index in [-0.39, 0.29) is 0 Å². The average molecular weight is 254 g/mol. The van der Waals surface area contributed by atoms with Crippen LogP contribution in [-0.2, 0) is 0 Å². The lowest BCUT2D eigenvalue weighted by Gasteiger charge is -2.08. The first-order valence-electron chi connectivity index (χ1n) is 4.62. The van der Waals surface area contributed by atoms with E-state index in [0.29, 0.717) is 15.9 Å². The highest BCUT2D eigenvalue weighted by Crippen LogP contribution is 2.31. The van der Waals surface area contributed by atoms with Gasteiger partial charge < -0.3 is 5.73 Å². The minimum Gasteiger partial charge on any atom is -0.383 e. The van der Waals surface area contributed by atoms with E-state index < -0.39 is 0 Å². The summed E-state index contributed by atoms with van der Waals surface area (Å²) in [6.45, 7) is 1.86. The minimum atomic E-state index is 0.455. The number of anilines is 1. The fourth-order valence-corrected chi connectivity index (χ4v) is 1.91. The molecule has 0 amide bonds. The molecular weight excluding hydrogens is 245 g/mol. The minimum absolute atomic E-state index is 0.455. The van der Waals surface area contributed by atoms with Crippen molar-refractivity contribution in [2.75, 3.05) is 5.73 Å². The SMILES string of the molecule is Cc1c(N)ncnc1-c1ccc(Cl)cc1Cl. The topological polar surface area (TPSA) is 51.8 Å². The Kier molecular flexibility index (Phi) is 2.99.